The van der Waals surface area contributed by atoms with Gasteiger partial charge in [-0.3, -0.25) is 14.4 Å². The van der Waals surface area contributed by atoms with Crippen LogP contribution in [0.4, 0.5) is 0 Å². The Bertz CT molecular complexity index is 1320. The maximum absolute atomic E-state index is 11.4. The number of nitrogens with zero attached hydrogens (tertiary/aromatic N) is 4. The lowest BCUT2D eigenvalue weighted by Gasteiger charge is -2.12. The van der Waals surface area contributed by atoms with Gasteiger partial charge in [0.25, 0.3) is 0 Å². The van der Waals surface area contributed by atoms with Gasteiger partial charge in [0.1, 0.15) is 0 Å². The van der Waals surface area contributed by atoms with Crippen LogP contribution in [0, 0.1) is 23.7 Å². The van der Waals surface area contributed by atoms with Crippen LogP contribution in [0.15, 0.2) is 25.0 Å². The van der Waals surface area contributed by atoms with Crippen LogP contribution in [0.1, 0.15) is 102 Å². The molecule has 17 heteroatoms. The smallest absolute Gasteiger partial charge is 0.309 e. The van der Waals surface area contributed by atoms with Gasteiger partial charge in [-0.2, -0.15) is 0 Å². The van der Waals surface area contributed by atoms with Gasteiger partial charge in [0, 0.05) is 84.1 Å². The number of hydrogen-bond donors (Lipinski definition) is 1. The number of carboxylic acids is 2. The number of aryl methyl sites for hydroxylation is 2. The minimum atomic E-state index is -0.913. The number of aliphatic carboxylic acids is 2. The summed E-state index contributed by atoms with van der Waals surface area (Å²) in [6.45, 7) is 5.19. The average molecular weight is 864 g/mol. The Hall–Kier alpha value is -2.01. The number of imidazole rings is 2. The minimum absolute atomic E-state index is 0. The second-order valence-electron chi connectivity index (χ2n) is 14.1. The molecular weight excluding hydrogens is 804 g/mol. The van der Waals surface area contributed by atoms with E-state index in [4.69, 9.17) is 14.6 Å². The number of carboxylic acid groups (broad SMARTS) is 2. The largest absolute Gasteiger partial charge is 1.00 e. The zero-order valence-electron chi connectivity index (χ0n) is 32.6. The summed E-state index contributed by atoms with van der Waals surface area (Å²) in [5.41, 5.74) is 2.33. The van der Waals surface area contributed by atoms with Gasteiger partial charge in [-0.1, -0.05) is 69.9 Å². The van der Waals surface area contributed by atoms with Crippen molar-refractivity contribution in [1.82, 2.24) is 19.1 Å². The van der Waals surface area contributed by atoms with E-state index < -0.39 is 11.9 Å². The summed E-state index contributed by atoms with van der Waals surface area (Å²) in [6, 6.07) is 0. The zero-order valence-corrected chi connectivity index (χ0v) is 36.6. The molecule has 6 heterocycles. The van der Waals surface area contributed by atoms with Crippen LogP contribution in [0.25, 0.3) is 0 Å². The fourth-order valence-electron chi connectivity index (χ4n) is 6.73. The van der Waals surface area contributed by atoms with Gasteiger partial charge < -0.3 is 46.0 Å². The van der Waals surface area contributed by atoms with Crippen LogP contribution in [0.2, 0.25) is 0 Å². The first-order valence-corrected chi connectivity index (χ1v) is 24.0. The standard InChI is InChI=1S/2C11H16N2O2.2C8H14O2S2.ClH/c2*1-3-10-8(6-15-11(10)14)4-9-5-12-7-13(9)2;2*9-8(10)4-2-1-3-7-5-6-11-12-7;/h2*5,7-8,10H,3-4,6H2,1-2H3;2*7H,1-6H2,(H,9,10);1H/p-2/t2*8-,10-;2*7-;/m0011./s1. The number of unbranched alkanes of at least 4 members (excludes halogenated alkanes) is 2. The first-order chi connectivity index (χ1) is 26.0. The molecule has 12 nitrogen and oxygen atoms in total. The summed E-state index contributed by atoms with van der Waals surface area (Å²) >= 11 is 0. The van der Waals surface area contributed by atoms with Crippen molar-refractivity contribution in [2.75, 3.05) is 24.7 Å². The molecule has 0 unspecified atom stereocenters. The van der Waals surface area contributed by atoms with E-state index in [9.17, 15) is 24.3 Å². The van der Waals surface area contributed by atoms with E-state index >= 15 is 0 Å². The Labute approximate surface area is 348 Å². The maximum Gasteiger partial charge on any atom is 0.309 e. The fourth-order valence-corrected chi connectivity index (χ4v) is 12.8. The van der Waals surface area contributed by atoms with Gasteiger partial charge >= 0.3 is 17.9 Å². The SMILES string of the molecule is CC[C@@H]1C(=O)OC[C@@H]1Cc1cncn1C.CC[C@@H]1C(=O)OC[C@@H]1Cc1cncn1C.O=C(O)CCCC[C@@H]1CCSS1.O=C([O-])CCCC[C@@H]1CCSS1.[Cl-]. The highest BCUT2D eigenvalue weighted by Crippen LogP contribution is 2.40. The Morgan fingerprint density at radius 1 is 0.782 bits per heavy atom. The second kappa shape index (κ2) is 27.6. The summed E-state index contributed by atoms with van der Waals surface area (Å²) in [5.74, 6) is 1.65. The third kappa shape index (κ3) is 18.4. The van der Waals surface area contributed by atoms with Gasteiger partial charge in [0.05, 0.1) is 37.7 Å². The third-order valence-electron chi connectivity index (χ3n) is 10.1. The predicted molar refractivity (Wildman–Crippen MR) is 217 cm³/mol. The third-order valence-corrected chi connectivity index (χ3v) is 16.1. The van der Waals surface area contributed by atoms with E-state index in [2.05, 4.69) is 9.97 Å². The molecule has 0 saturated carbocycles. The van der Waals surface area contributed by atoms with Crippen molar-refractivity contribution in [2.24, 2.45) is 37.8 Å². The van der Waals surface area contributed by atoms with Crippen molar-refractivity contribution in [3.05, 3.63) is 36.4 Å². The number of esters is 2. The van der Waals surface area contributed by atoms with Crippen molar-refractivity contribution >= 4 is 67.1 Å². The van der Waals surface area contributed by atoms with Crippen LogP contribution in [0.3, 0.4) is 0 Å². The number of hydrogen-bond acceptors (Lipinski definition) is 13. The molecule has 0 bridgehead atoms. The summed E-state index contributed by atoms with van der Waals surface area (Å²) in [6.07, 6.45) is 20.0. The van der Waals surface area contributed by atoms with Gasteiger partial charge in [-0.15, -0.1) is 0 Å². The van der Waals surface area contributed by atoms with Crippen molar-refractivity contribution in [1.29, 1.82) is 0 Å². The summed E-state index contributed by atoms with van der Waals surface area (Å²) in [4.78, 5) is 51.2. The number of cyclic esters (lactones) is 2. The van der Waals surface area contributed by atoms with Gasteiger partial charge in [-0.25, -0.2) is 9.97 Å². The Morgan fingerprint density at radius 2 is 1.22 bits per heavy atom. The molecular formula is C38H59ClN4O8S4-2. The minimum Gasteiger partial charge on any atom is -1.00 e. The Morgan fingerprint density at radius 3 is 1.55 bits per heavy atom. The van der Waals surface area contributed by atoms with Gasteiger partial charge in [0.15, 0.2) is 0 Å². The molecule has 4 aliphatic heterocycles. The molecule has 4 fully saturated rings. The van der Waals surface area contributed by atoms with Gasteiger partial charge in [-0.05, 0) is 70.6 Å². The van der Waals surface area contributed by atoms with E-state index in [0.29, 0.717) is 31.5 Å². The van der Waals surface area contributed by atoms with Crippen molar-refractivity contribution in [2.45, 2.75) is 114 Å². The topological polar surface area (TPSA) is 166 Å². The quantitative estimate of drug-likeness (QED) is 0.148. The molecule has 0 aliphatic carbocycles. The van der Waals surface area contributed by atoms with Gasteiger partial charge in [0.2, 0.25) is 0 Å². The van der Waals surface area contributed by atoms with Crippen LogP contribution < -0.4 is 17.5 Å². The Kier molecular flexibility index (Phi) is 24.7. The summed E-state index contributed by atoms with van der Waals surface area (Å²) < 4.78 is 14.2. The molecule has 55 heavy (non-hydrogen) atoms. The number of rotatable bonds is 16. The molecule has 2 aromatic rings. The zero-order chi connectivity index (χ0) is 39.3. The van der Waals surface area contributed by atoms with Crippen LogP contribution >= 0.6 is 43.2 Å². The summed E-state index contributed by atoms with van der Waals surface area (Å²) in [7, 11) is 11.8. The molecule has 312 valence electrons. The monoisotopic (exact) mass is 862 g/mol. The van der Waals surface area contributed by atoms with Crippen LogP contribution in [-0.4, -0.2) is 83.3 Å². The second-order valence-corrected chi connectivity index (χ2v) is 19.7. The van der Waals surface area contributed by atoms with E-state index in [1.165, 1.54) is 37.2 Å². The fraction of sp³-hybridized carbons (Fsp3) is 0.737. The van der Waals surface area contributed by atoms with E-state index in [1.807, 2.05) is 92.6 Å². The molecule has 0 amide bonds. The van der Waals surface area contributed by atoms with Crippen LogP contribution in [-0.2, 0) is 55.6 Å². The molecule has 4 saturated heterocycles. The molecule has 1 N–H and O–H groups in total. The molecule has 0 spiro atoms. The number of ether oxygens (including phenoxy) is 2. The highest BCUT2D eigenvalue weighted by atomic mass is 35.5. The van der Waals surface area contributed by atoms with Crippen molar-refractivity contribution in [3.8, 4) is 0 Å². The highest BCUT2D eigenvalue weighted by molar-refractivity contribution is 8.77. The lowest BCUT2D eigenvalue weighted by Crippen LogP contribution is -3.00. The lowest BCUT2D eigenvalue weighted by atomic mass is 9.89. The highest BCUT2D eigenvalue weighted by Gasteiger charge is 2.36. The average Bonchev–Trinajstić information content (AvgIpc) is 4.01. The molecule has 6 atom stereocenters. The van der Waals surface area contributed by atoms with E-state index in [-0.39, 0.29) is 42.6 Å². The maximum atomic E-state index is 11.4. The molecule has 4 aliphatic rings. The van der Waals surface area contributed by atoms with E-state index in [0.717, 1.165) is 73.3 Å². The lowest BCUT2D eigenvalue weighted by molar-refractivity contribution is -0.305. The predicted octanol–water partition coefficient (Wildman–Crippen LogP) is 3.56. The molecule has 2 aromatic heterocycles. The number of halogens is 1. The first-order valence-electron chi connectivity index (χ1n) is 19.2. The molecule has 6 rings (SSSR count). The number of carbonyl (C=O) groups excluding carboxylic acids is 3. The first kappa shape index (κ1) is 49.1. The van der Waals surface area contributed by atoms with Crippen LogP contribution in [0.5, 0.6) is 0 Å². The van der Waals surface area contributed by atoms with Crippen molar-refractivity contribution < 1.29 is 51.3 Å². The molecule has 0 radical (unpaired) electrons. The normalized spacial score (nSPS) is 23.9. The van der Waals surface area contributed by atoms with Crippen molar-refractivity contribution in [3.63, 3.8) is 0 Å². The Balaban J connectivity index is 0.000000254. The van der Waals surface area contributed by atoms with E-state index in [1.54, 1.807) is 12.7 Å². The molecule has 0 aromatic carbocycles. The number of carbonyl (C=O) groups is 4. The number of aromatic nitrogens is 4. The summed E-state index contributed by atoms with van der Waals surface area (Å²) in [5, 5.41) is 20.0.